The van der Waals surface area contributed by atoms with Gasteiger partial charge in [0.1, 0.15) is 6.07 Å². The summed E-state index contributed by atoms with van der Waals surface area (Å²) in [4.78, 5) is 11.0. The molecule has 0 spiro atoms. The zero-order valence-corrected chi connectivity index (χ0v) is 12.0. The number of rotatable bonds is 3. The summed E-state index contributed by atoms with van der Waals surface area (Å²) in [7, 11) is 0. The van der Waals surface area contributed by atoms with Crippen LogP contribution in [0.5, 0.6) is 0 Å². The van der Waals surface area contributed by atoms with Crippen molar-refractivity contribution in [2.24, 2.45) is 5.92 Å². The largest absolute Gasteiger partial charge is 0.481 e. The highest BCUT2D eigenvalue weighted by molar-refractivity contribution is 9.10. The Morgan fingerprint density at radius 2 is 2.26 bits per heavy atom. The lowest BCUT2D eigenvalue weighted by Crippen LogP contribution is -2.31. The van der Waals surface area contributed by atoms with Crippen LogP contribution in [-0.2, 0) is 4.79 Å². The van der Waals surface area contributed by atoms with Crippen LogP contribution in [0.3, 0.4) is 0 Å². The number of carboxylic acids is 1. The smallest absolute Gasteiger partial charge is 0.306 e. The van der Waals surface area contributed by atoms with Gasteiger partial charge in [-0.05, 0) is 37.5 Å². The van der Waals surface area contributed by atoms with Crippen molar-refractivity contribution in [2.75, 3.05) is 5.32 Å². The number of nitrogens with one attached hydrogen (secondary N) is 1. The molecule has 1 fully saturated rings. The molecular formula is C14H15BrN2O2. The third-order valence-corrected chi connectivity index (χ3v) is 3.98. The number of carbonyl (C=O) groups is 1. The number of aliphatic carboxylic acids is 1. The number of nitrogens with zero attached hydrogens (tertiary/aromatic N) is 1. The highest BCUT2D eigenvalue weighted by atomic mass is 79.9. The number of carboxylic acid groups (broad SMARTS) is 1. The minimum atomic E-state index is -0.721. The van der Waals surface area contributed by atoms with Crippen LogP contribution in [0.25, 0.3) is 0 Å². The van der Waals surface area contributed by atoms with Crippen molar-refractivity contribution in [3.63, 3.8) is 0 Å². The van der Waals surface area contributed by atoms with Crippen molar-refractivity contribution in [1.82, 2.24) is 0 Å². The number of benzene rings is 1. The summed E-state index contributed by atoms with van der Waals surface area (Å²) in [6, 6.07) is 7.71. The molecule has 4 nitrogen and oxygen atoms in total. The summed E-state index contributed by atoms with van der Waals surface area (Å²) in [6.07, 6.45) is 3.22. The fourth-order valence-corrected chi connectivity index (χ4v) is 2.86. The molecule has 0 radical (unpaired) electrons. The van der Waals surface area contributed by atoms with Crippen LogP contribution < -0.4 is 5.32 Å². The van der Waals surface area contributed by atoms with E-state index in [9.17, 15) is 4.79 Å². The standard InChI is InChI=1S/C14H15BrN2O2/c15-11-5-4-10(8-16)13(7-11)17-12-3-1-2-9(6-12)14(18)19/h4-5,7,9,12,17H,1-3,6H2,(H,18,19). The number of hydrogen-bond donors (Lipinski definition) is 2. The maximum absolute atomic E-state index is 11.0. The molecule has 19 heavy (non-hydrogen) atoms. The molecule has 2 N–H and O–H groups in total. The van der Waals surface area contributed by atoms with E-state index < -0.39 is 5.97 Å². The second kappa shape index (κ2) is 6.07. The van der Waals surface area contributed by atoms with Crippen molar-refractivity contribution in [1.29, 1.82) is 5.26 Å². The zero-order valence-electron chi connectivity index (χ0n) is 10.4. The molecule has 0 aromatic heterocycles. The molecular weight excluding hydrogens is 308 g/mol. The SMILES string of the molecule is N#Cc1ccc(Br)cc1NC1CCCC(C(=O)O)C1. The Balaban J connectivity index is 2.11. The van der Waals surface area contributed by atoms with Crippen molar-refractivity contribution in [3.8, 4) is 6.07 Å². The van der Waals surface area contributed by atoms with Gasteiger partial charge in [-0.2, -0.15) is 5.26 Å². The normalized spacial score (nSPS) is 22.5. The molecule has 1 aromatic carbocycles. The van der Waals surface area contributed by atoms with Crippen LogP contribution in [-0.4, -0.2) is 17.1 Å². The monoisotopic (exact) mass is 322 g/mol. The van der Waals surface area contributed by atoms with Crippen LogP contribution in [0.15, 0.2) is 22.7 Å². The van der Waals surface area contributed by atoms with Gasteiger partial charge < -0.3 is 10.4 Å². The van der Waals surface area contributed by atoms with E-state index in [0.717, 1.165) is 29.4 Å². The Labute approximate surface area is 120 Å². The summed E-state index contributed by atoms with van der Waals surface area (Å²) >= 11 is 3.38. The van der Waals surface area contributed by atoms with E-state index in [0.29, 0.717) is 12.0 Å². The molecule has 1 aromatic rings. The third-order valence-electron chi connectivity index (χ3n) is 3.49. The van der Waals surface area contributed by atoms with Crippen LogP contribution in [0, 0.1) is 17.2 Å². The molecule has 1 saturated carbocycles. The van der Waals surface area contributed by atoms with E-state index in [-0.39, 0.29) is 12.0 Å². The van der Waals surface area contributed by atoms with E-state index >= 15 is 0 Å². The fourth-order valence-electron chi connectivity index (χ4n) is 2.50. The molecule has 1 aliphatic carbocycles. The molecule has 0 saturated heterocycles. The predicted molar refractivity (Wildman–Crippen MR) is 75.9 cm³/mol. The van der Waals surface area contributed by atoms with Crippen LogP contribution in [0.4, 0.5) is 5.69 Å². The topological polar surface area (TPSA) is 73.1 Å². The van der Waals surface area contributed by atoms with Gasteiger partial charge in [0.25, 0.3) is 0 Å². The van der Waals surface area contributed by atoms with E-state index in [1.807, 2.05) is 12.1 Å². The summed E-state index contributed by atoms with van der Waals surface area (Å²) in [6.45, 7) is 0. The molecule has 0 heterocycles. The van der Waals surface area contributed by atoms with E-state index in [4.69, 9.17) is 10.4 Å². The molecule has 5 heteroatoms. The zero-order chi connectivity index (χ0) is 13.8. The maximum atomic E-state index is 11.0. The lowest BCUT2D eigenvalue weighted by atomic mass is 9.85. The first kappa shape index (κ1) is 13.9. The second-order valence-electron chi connectivity index (χ2n) is 4.84. The quantitative estimate of drug-likeness (QED) is 0.894. The first-order valence-corrected chi connectivity index (χ1v) is 7.08. The van der Waals surface area contributed by atoms with Gasteiger partial charge in [-0.15, -0.1) is 0 Å². The Morgan fingerprint density at radius 1 is 1.47 bits per heavy atom. The summed E-state index contributed by atoms with van der Waals surface area (Å²) < 4.78 is 0.902. The third kappa shape index (κ3) is 3.48. The predicted octanol–water partition coefficient (Wildman–Crippen LogP) is 3.38. The average Bonchev–Trinajstić information content (AvgIpc) is 2.39. The molecule has 2 atom stereocenters. The van der Waals surface area contributed by atoms with Gasteiger partial charge >= 0.3 is 5.97 Å². The van der Waals surface area contributed by atoms with Crippen molar-refractivity contribution in [2.45, 2.75) is 31.7 Å². The van der Waals surface area contributed by atoms with Gasteiger partial charge in [0.05, 0.1) is 17.2 Å². The number of nitriles is 1. The lowest BCUT2D eigenvalue weighted by molar-refractivity contribution is -0.142. The van der Waals surface area contributed by atoms with E-state index in [2.05, 4.69) is 27.3 Å². The molecule has 1 aliphatic rings. The van der Waals surface area contributed by atoms with Crippen molar-refractivity contribution >= 4 is 27.6 Å². The van der Waals surface area contributed by atoms with Gasteiger partial charge in [-0.25, -0.2) is 0 Å². The summed E-state index contributed by atoms with van der Waals surface area (Å²) in [5, 5.41) is 21.5. The van der Waals surface area contributed by atoms with Gasteiger partial charge in [-0.3, -0.25) is 4.79 Å². The highest BCUT2D eigenvalue weighted by Gasteiger charge is 2.27. The first-order valence-electron chi connectivity index (χ1n) is 6.29. The summed E-state index contributed by atoms with van der Waals surface area (Å²) in [5.74, 6) is -0.995. The van der Waals surface area contributed by atoms with Crippen LogP contribution in [0.2, 0.25) is 0 Å². The van der Waals surface area contributed by atoms with Crippen molar-refractivity contribution < 1.29 is 9.90 Å². The Morgan fingerprint density at radius 3 is 2.95 bits per heavy atom. The molecule has 100 valence electrons. The molecule has 0 amide bonds. The maximum Gasteiger partial charge on any atom is 0.306 e. The average molecular weight is 323 g/mol. The lowest BCUT2D eigenvalue weighted by Gasteiger charge is -2.28. The van der Waals surface area contributed by atoms with Gasteiger partial charge in [0.2, 0.25) is 0 Å². The van der Waals surface area contributed by atoms with Gasteiger partial charge in [0, 0.05) is 10.5 Å². The molecule has 0 bridgehead atoms. The molecule has 0 aliphatic heterocycles. The van der Waals surface area contributed by atoms with Crippen LogP contribution >= 0.6 is 15.9 Å². The van der Waals surface area contributed by atoms with E-state index in [1.54, 1.807) is 6.07 Å². The minimum Gasteiger partial charge on any atom is -0.481 e. The fraction of sp³-hybridized carbons (Fsp3) is 0.429. The Bertz CT molecular complexity index is 525. The molecule has 2 unspecified atom stereocenters. The van der Waals surface area contributed by atoms with Gasteiger partial charge in [0.15, 0.2) is 0 Å². The number of halogens is 1. The van der Waals surface area contributed by atoms with Crippen molar-refractivity contribution in [3.05, 3.63) is 28.2 Å². The summed E-state index contributed by atoms with van der Waals surface area (Å²) in [5.41, 5.74) is 1.36. The minimum absolute atomic E-state index is 0.122. The first-order chi connectivity index (χ1) is 9.10. The van der Waals surface area contributed by atoms with E-state index in [1.165, 1.54) is 0 Å². The Hall–Kier alpha value is -1.54. The second-order valence-corrected chi connectivity index (χ2v) is 5.76. The van der Waals surface area contributed by atoms with Crippen LogP contribution in [0.1, 0.15) is 31.2 Å². The van der Waals surface area contributed by atoms with Gasteiger partial charge in [-0.1, -0.05) is 22.4 Å². The Kier molecular flexibility index (Phi) is 4.43. The molecule has 2 rings (SSSR count). The number of hydrogen-bond acceptors (Lipinski definition) is 3. The highest BCUT2D eigenvalue weighted by Crippen LogP contribution is 2.29. The number of anilines is 1.